The highest BCUT2D eigenvalue weighted by Crippen LogP contribution is 2.18. The molecule has 2 N–H and O–H groups in total. The summed E-state index contributed by atoms with van der Waals surface area (Å²) < 4.78 is 10.6. The van der Waals surface area contributed by atoms with Crippen LogP contribution in [0.25, 0.3) is 0 Å². The number of hydrogen-bond acceptors (Lipinski definition) is 4. The minimum atomic E-state index is -0.478. The Labute approximate surface area is 96.1 Å². The molecule has 0 aromatic heterocycles. The number of carbonyl (C=O) groups excluding carboxylic acids is 1. The van der Waals surface area contributed by atoms with E-state index in [2.05, 4.69) is 5.32 Å². The van der Waals surface area contributed by atoms with Crippen LogP contribution in [0, 0.1) is 0 Å². The maximum atomic E-state index is 11.3. The third kappa shape index (κ3) is 4.81. The average molecular weight is 231 g/mol. The van der Waals surface area contributed by atoms with E-state index in [1.54, 1.807) is 0 Å². The maximum Gasteiger partial charge on any atom is 0.407 e. The van der Waals surface area contributed by atoms with Crippen LogP contribution >= 0.6 is 0 Å². The van der Waals surface area contributed by atoms with Crippen molar-refractivity contribution >= 4 is 6.09 Å². The van der Waals surface area contributed by atoms with Crippen molar-refractivity contribution in [2.45, 2.75) is 51.4 Å². The van der Waals surface area contributed by atoms with Gasteiger partial charge in [0.2, 0.25) is 0 Å². The van der Waals surface area contributed by atoms with Crippen LogP contribution in [0.5, 0.6) is 0 Å². The smallest absolute Gasteiger partial charge is 0.407 e. The Morgan fingerprint density at radius 2 is 2.06 bits per heavy atom. The number of aliphatic hydroxyl groups excluding tert-OH is 1. The molecule has 0 unspecified atom stereocenters. The number of ether oxygens (including phenoxy) is 2. The van der Waals surface area contributed by atoms with Gasteiger partial charge in [-0.2, -0.15) is 0 Å². The van der Waals surface area contributed by atoms with Crippen molar-refractivity contribution in [3.8, 4) is 0 Å². The summed E-state index contributed by atoms with van der Waals surface area (Å²) in [7, 11) is 0. The Balaban J connectivity index is 2.18. The molecule has 1 heterocycles. The van der Waals surface area contributed by atoms with E-state index in [1.807, 2.05) is 20.8 Å². The molecule has 0 aromatic carbocycles. The summed E-state index contributed by atoms with van der Waals surface area (Å²) in [4.78, 5) is 11.3. The zero-order valence-electron chi connectivity index (χ0n) is 10.2. The highest BCUT2D eigenvalue weighted by atomic mass is 16.6. The van der Waals surface area contributed by atoms with Crippen LogP contribution in [0.2, 0.25) is 0 Å². The fourth-order valence-corrected chi connectivity index (χ4v) is 1.58. The molecule has 1 rings (SSSR count). The number of hydrogen-bond donors (Lipinski definition) is 2. The minimum absolute atomic E-state index is 0.00957. The lowest BCUT2D eigenvalue weighted by Gasteiger charge is -2.20. The lowest BCUT2D eigenvalue weighted by atomic mass is 10.2. The second-order valence-corrected chi connectivity index (χ2v) is 5.02. The lowest BCUT2D eigenvalue weighted by Crippen LogP contribution is -2.37. The zero-order chi connectivity index (χ0) is 12.2. The Bertz CT molecular complexity index is 237. The van der Waals surface area contributed by atoms with E-state index in [9.17, 15) is 4.79 Å². The standard InChI is InChI=1S/C11H21NO4/c1-11(2,3)16-10(14)12-6-8-4-5-9(7-13)15-8/h8-9,13H,4-7H2,1-3H3,(H,12,14)/t8-,9+/m1/s1. The number of aliphatic hydroxyl groups is 1. The lowest BCUT2D eigenvalue weighted by molar-refractivity contribution is 0.00868. The van der Waals surface area contributed by atoms with Crippen LogP contribution in [0.3, 0.4) is 0 Å². The van der Waals surface area contributed by atoms with Crippen LogP contribution in [-0.2, 0) is 9.47 Å². The summed E-state index contributed by atoms with van der Waals surface area (Å²) >= 11 is 0. The number of rotatable bonds is 3. The van der Waals surface area contributed by atoms with Crippen LogP contribution < -0.4 is 5.32 Å². The summed E-state index contributed by atoms with van der Waals surface area (Å²) in [6, 6.07) is 0. The van der Waals surface area contributed by atoms with E-state index in [-0.39, 0.29) is 18.8 Å². The molecule has 5 nitrogen and oxygen atoms in total. The Kier molecular flexibility index (Phi) is 4.56. The van der Waals surface area contributed by atoms with E-state index < -0.39 is 11.7 Å². The zero-order valence-corrected chi connectivity index (χ0v) is 10.2. The van der Waals surface area contributed by atoms with Crippen molar-refractivity contribution < 1.29 is 19.4 Å². The number of nitrogens with one attached hydrogen (secondary N) is 1. The normalized spacial score (nSPS) is 25.5. The number of amides is 1. The Morgan fingerprint density at radius 1 is 1.44 bits per heavy atom. The van der Waals surface area contributed by atoms with Gasteiger partial charge >= 0.3 is 6.09 Å². The molecular formula is C11H21NO4. The van der Waals surface area contributed by atoms with Gasteiger partial charge in [0.25, 0.3) is 0 Å². The van der Waals surface area contributed by atoms with Gasteiger partial charge in [-0.3, -0.25) is 0 Å². The van der Waals surface area contributed by atoms with E-state index >= 15 is 0 Å². The van der Waals surface area contributed by atoms with Gasteiger partial charge < -0.3 is 19.9 Å². The molecule has 0 radical (unpaired) electrons. The fraction of sp³-hybridized carbons (Fsp3) is 0.909. The third-order valence-corrected chi connectivity index (χ3v) is 2.27. The van der Waals surface area contributed by atoms with Crippen molar-refractivity contribution in [1.29, 1.82) is 0 Å². The molecule has 1 aliphatic heterocycles. The van der Waals surface area contributed by atoms with E-state index in [0.29, 0.717) is 6.54 Å². The largest absolute Gasteiger partial charge is 0.444 e. The monoisotopic (exact) mass is 231 g/mol. The summed E-state index contributed by atoms with van der Waals surface area (Å²) in [5.41, 5.74) is -0.478. The van der Waals surface area contributed by atoms with Crippen molar-refractivity contribution in [2.75, 3.05) is 13.2 Å². The molecule has 2 atom stereocenters. The molecule has 16 heavy (non-hydrogen) atoms. The van der Waals surface area contributed by atoms with Crippen LogP contribution in [0.15, 0.2) is 0 Å². The molecule has 0 bridgehead atoms. The van der Waals surface area contributed by atoms with Gasteiger partial charge in [0.05, 0.1) is 18.8 Å². The molecule has 0 saturated carbocycles. The van der Waals surface area contributed by atoms with Gasteiger partial charge in [-0.25, -0.2) is 4.79 Å². The second-order valence-electron chi connectivity index (χ2n) is 5.02. The van der Waals surface area contributed by atoms with Gasteiger partial charge in [-0.1, -0.05) is 0 Å². The molecular weight excluding hydrogens is 210 g/mol. The fourth-order valence-electron chi connectivity index (χ4n) is 1.58. The van der Waals surface area contributed by atoms with E-state index in [0.717, 1.165) is 12.8 Å². The van der Waals surface area contributed by atoms with Crippen molar-refractivity contribution in [1.82, 2.24) is 5.32 Å². The molecule has 1 fully saturated rings. The van der Waals surface area contributed by atoms with Crippen molar-refractivity contribution in [3.63, 3.8) is 0 Å². The summed E-state index contributed by atoms with van der Waals surface area (Å²) in [5.74, 6) is 0. The summed E-state index contributed by atoms with van der Waals surface area (Å²) in [6.45, 7) is 5.94. The molecule has 1 saturated heterocycles. The first-order chi connectivity index (χ1) is 7.40. The van der Waals surface area contributed by atoms with Gasteiger partial charge in [0.15, 0.2) is 0 Å². The molecule has 0 aromatic rings. The van der Waals surface area contributed by atoms with Crippen LogP contribution in [-0.4, -0.2) is 42.2 Å². The maximum absolute atomic E-state index is 11.3. The first-order valence-corrected chi connectivity index (χ1v) is 5.64. The first kappa shape index (κ1) is 13.3. The van der Waals surface area contributed by atoms with Crippen molar-refractivity contribution in [3.05, 3.63) is 0 Å². The quantitative estimate of drug-likeness (QED) is 0.762. The van der Waals surface area contributed by atoms with Crippen LogP contribution in [0.4, 0.5) is 4.79 Å². The van der Waals surface area contributed by atoms with E-state index in [4.69, 9.17) is 14.6 Å². The predicted molar refractivity (Wildman–Crippen MR) is 59.2 cm³/mol. The van der Waals surface area contributed by atoms with Gasteiger partial charge in [-0.15, -0.1) is 0 Å². The van der Waals surface area contributed by atoms with E-state index in [1.165, 1.54) is 0 Å². The number of carbonyl (C=O) groups is 1. The van der Waals surface area contributed by atoms with Crippen molar-refractivity contribution in [2.24, 2.45) is 0 Å². The summed E-state index contributed by atoms with van der Waals surface area (Å²) in [6.07, 6.45) is 1.19. The van der Waals surface area contributed by atoms with Gasteiger partial charge in [0.1, 0.15) is 5.60 Å². The molecule has 1 aliphatic rings. The third-order valence-electron chi connectivity index (χ3n) is 2.27. The van der Waals surface area contributed by atoms with Crippen LogP contribution in [0.1, 0.15) is 33.6 Å². The predicted octanol–water partition coefficient (Wildman–Crippen LogP) is 1.05. The molecule has 94 valence electrons. The van der Waals surface area contributed by atoms with Gasteiger partial charge in [-0.05, 0) is 33.6 Å². The first-order valence-electron chi connectivity index (χ1n) is 5.64. The average Bonchev–Trinajstić information content (AvgIpc) is 2.59. The summed E-state index contributed by atoms with van der Waals surface area (Å²) in [5, 5.41) is 11.5. The Hall–Kier alpha value is -0.810. The highest BCUT2D eigenvalue weighted by molar-refractivity contribution is 5.67. The van der Waals surface area contributed by atoms with Gasteiger partial charge in [0, 0.05) is 6.54 Å². The second kappa shape index (κ2) is 5.50. The number of alkyl carbamates (subject to hydrolysis) is 1. The SMILES string of the molecule is CC(C)(C)OC(=O)NC[C@H]1CC[C@@H](CO)O1. The molecule has 5 heteroatoms. The minimum Gasteiger partial charge on any atom is -0.444 e. The molecule has 0 spiro atoms. The molecule has 1 amide bonds. The molecule has 0 aliphatic carbocycles. The topological polar surface area (TPSA) is 67.8 Å². The highest BCUT2D eigenvalue weighted by Gasteiger charge is 2.25. The Morgan fingerprint density at radius 3 is 2.56 bits per heavy atom.